The third-order valence-corrected chi connectivity index (χ3v) is 6.86. The summed E-state index contributed by atoms with van der Waals surface area (Å²) in [6, 6.07) is 5.00. The van der Waals surface area contributed by atoms with Gasteiger partial charge in [0.05, 0.1) is 23.6 Å². The molecular weight excluding hydrogens is 433 g/mol. The van der Waals surface area contributed by atoms with Gasteiger partial charge < -0.3 is 15.2 Å². The van der Waals surface area contributed by atoms with E-state index >= 15 is 0 Å². The van der Waals surface area contributed by atoms with Crippen molar-refractivity contribution in [1.82, 2.24) is 0 Å². The van der Waals surface area contributed by atoms with Gasteiger partial charge in [-0.3, -0.25) is 4.99 Å². The van der Waals surface area contributed by atoms with Crippen molar-refractivity contribution >= 4 is 21.4 Å². The van der Waals surface area contributed by atoms with E-state index in [0.717, 1.165) is 17.7 Å². The average molecular weight is 454 g/mol. The Morgan fingerprint density at radius 1 is 1.16 bits per heavy atom. The maximum Gasteiger partial charge on any atom is 0.501 e. The standard InChI is InChI=1S/C21H21F3N2O4S/c1-20(2,3)14-9-16-13(6-7-30-16)17(18(14)27)19-25-10-11-8-12(4-5-15(11)26-19)31(28,29)21(22,23)24/h4-5,8-9,27H,6-7,10H2,1-3H3,(H,25,26). The second-order valence-electron chi connectivity index (χ2n) is 8.53. The van der Waals surface area contributed by atoms with Crippen LogP contribution in [0.3, 0.4) is 0 Å². The fourth-order valence-corrected chi connectivity index (χ4v) is 4.56. The Balaban J connectivity index is 1.77. The van der Waals surface area contributed by atoms with Gasteiger partial charge in [0.15, 0.2) is 0 Å². The van der Waals surface area contributed by atoms with E-state index in [1.54, 1.807) is 0 Å². The number of anilines is 1. The fourth-order valence-electron chi connectivity index (χ4n) is 3.75. The molecule has 2 aromatic rings. The number of amidine groups is 1. The van der Waals surface area contributed by atoms with E-state index in [0.29, 0.717) is 47.0 Å². The molecule has 2 aromatic carbocycles. The number of fused-ring (bicyclic) bond motifs is 2. The highest BCUT2D eigenvalue weighted by atomic mass is 32.2. The van der Waals surface area contributed by atoms with Gasteiger partial charge >= 0.3 is 5.51 Å². The number of phenols is 1. The monoisotopic (exact) mass is 454 g/mol. The number of nitrogens with one attached hydrogen (secondary N) is 1. The first-order valence-electron chi connectivity index (χ1n) is 9.59. The van der Waals surface area contributed by atoms with Gasteiger partial charge in [-0.1, -0.05) is 20.8 Å². The number of hydrogen-bond acceptors (Lipinski definition) is 6. The molecule has 0 fully saturated rings. The maximum absolute atomic E-state index is 12.9. The largest absolute Gasteiger partial charge is 0.507 e. The number of ether oxygens (including phenoxy) is 1. The van der Waals surface area contributed by atoms with Crippen LogP contribution in [0.1, 0.15) is 43.0 Å². The normalized spacial score (nSPS) is 16.1. The van der Waals surface area contributed by atoms with E-state index in [9.17, 15) is 26.7 Å². The van der Waals surface area contributed by atoms with Gasteiger partial charge in [-0.2, -0.15) is 13.2 Å². The minimum atomic E-state index is -5.45. The first-order valence-corrected chi connectivity index (χ1v) is 11.1. The predicted molar refractivity (Wildman–Crippen MR) is 110 cm³/mol. The third-order valence-electron chi connectivity index (χ3n) is 5.37. The van der Waals surface area contributed by atoms with Crippen LogP contribution in [-0.4, -0.2) is 31.5 Å². The van der Waals surface area contributed by atoms with Crippen LogP contribution in [0.2, 0.25) is 0 Å². The summed E-state index contributed by atoms with van der Waals surface area (Å²) in [7, 11) is -5.45. The molecule has 0 spiro atoms. The van der Waals surface area contributed by atoms with Crippen LogP contribution in [-0.2, 0) is 28.2 Å². The quantitative estimate of drug-likeness (QED) is 0.707. The third kappa shape index (κ3) is 3.52. The van der Waals surface area contributed by atoms with Crippen molar-refractivity contribution in [2.45, 2.75) is 49.6 Å². The van der Waals surface area contributed by atoms with Crippen molar-refractivity contribution in [3.05, 3.63) is 46.5 Å². The summed E-state index contributed by atoms with van der Waals surface area (Å²) in [5.74, 6) is 1.10. The average Bonchev–Trinajstić information content (AvgIpc) is 3.13. The van der Waals surface area contributed by atoms with E-state index in [1.165, 1.54) is 6.07 Å². The smallest absolute Gasteiger partial charge is 0.501 e. The van der Waals surface area contributed by atoms with Gasteiger partial charge in [0.25, 0.3) is 9.84 Å². The van der Waals surface area contributed by atoms with Crippen LogP contribution in [0.15, 0.2) is 34.2 Å². The molecule has 2 aliphatic heterocycles. The van der Waals surface area contributed by atoms with Crippen LogP contribution < -0.4 is 10.1 Å². The molecule has 10 heteroatoms. The lowest BCUT2D eigenvalue weighted by Crippen LogP contribution is -2.25. The Morgan fingerprint density at radius 2 is 1.87 bits per heavy atom. The van der Waals surface area contributed by atoms with Crippen molar-refractivity contribution in [1.29, 1.82) is 0 Å². The summed E-state index contributed by atoms with van der Waals surface area (Å²) in [6.07, 6.45) is 0.582. The minimum Gasteiger partial charge on any atom is -0.507 e. The molecule has 166 valence electrons. The molecule has 0 saturated heterocycles. The second-order valence-corrected chi connectivity index (χ2v) is 10.5. The zero-order chi connectivity index (χ0) is 22.8. The number of sulfone groups is 1. The summed E-state index contributed by atoms with van der Waals surface area (Å²) in [6.45, 7) is 6.31. The molecule has 2 aliphatic rings. The van der Waals surface area contributed by atoms with Gasteiger partial charge in [-0.15, -0.1) is 0 Å². The van der Waals surface area contributed by atoms with Crippen molar-refractivity contribution in [3.8, 4) is 11.5 Å². The Kier molecular flexibility index (Phi) is 4.77. The highest BCUT2D eigenvalue weighted by molar-refractivity contribution is 7.92. The number of hydrogen-bond donors (Lipinski definition) is 2. The highest BCUT2D eigenvalue weighted by Gasteiger charge is 2.47. The molecule has 2 N–H and O–H groups in total. The van der Waals surface area contributed by atoms with Gasteiger partial charge in [0, 0.05) is 23.2 Å². The molecule has 0 unspecified atom stereocenters. The summed E-state index contributed by atoms with van der Waals surface area (Å²) < 4.78 is 67.7. The number of aromatic hydroxyl groups is 1. The van der Waals surface area contributed by atoms with Crippen molar-refractivity contribution < 1.29 is 31.4 Å². The molecule has 0 aromatic heterocycles. The number of aliphatic imine (C=N–C) groups is 1. The molecule has 0 saturated carbocycles. The SMILES string of the molecule is CC(C)(C)c1cc2c(c(C3=NCc4cc(S(=O)(=O)C(F)(F)F)ccc4N3)c1O)CCO2. The van der Waals surface area contributed by atoms with Crippen molar-refractivity contribution in [2.24, 2.45) is 4.99 Å². The van der Waals surface area contributed by atoms with Crippen molar-refractivity contribution in [3.63, 3.8) is 0 Å². The topological polar surface area (TPSA) is 88.0 Å². The van der Waals surface area contributed by atoms with E-state index in [-0.39, 0.29) is 17.7 Å². The van der Waals surface area contributed by atoms with E-state index in [4.69, 9.17) is 4.74 Å². The zero-order valence-electron chi connectivity index (χ0n) is 17.1. The first-order chi connectivity index (χ1) is 14.3. The van der Waals surface area contributed by atoms with Crippen LogP contribution in [0.25, 0.3) is 0 Å². The predicted octanol–water partition coefficient (Wildman–Crippen LogP) is 4.29. The number of benzene rings is 2. The Bertz CT molecular complexity index is 1210. The lowest BCUT2D eigenvalue weighted by molar-refractivity contribution is -0.0436. The van der Waals surface area contributed by atoms with Crippen molar-refractivity contribution in [2.75, 3.05) is 11.9 Å². The van der Waals surface area contributed by atoms with E-state index < -0.39 is 20.2 Å². The number of phenolic OH excluding ortho intramolecular Hbond substituents is 1. The summed E-state index contributed by atoms with van der Waals surface area (Å²) in [4.78, 5) is 3.57. The zero-order valence-corrected chi connectivity index (χ0v) is 17.9. The number of halogens is 3. The number of rotatable bonds is 2. The lowest BCUT2D eigenvalue weighted by atomic mass is 9.83. The molecule has 2 heterocycles. The van der Waals surface area contributed by atoms with E-state index in [2.05, 4.69) is 10.3 Å². The number of alkyl halides is 3. The maximum atomic E-state index is 12.9. The molecule has 0 atom stereocenters. The van der Waals surface area contributed by atoms with Gasteiger partial charge in [0.1, 0.15) is 17.3 Å². The second kappa shape index (κ2) is 6.88. The highest BCUT2D eigenvalue weighted by Crippen LogP contribution is 2.43. The summed E-state index contributed by atoms with van der Waals surface area (Å²) >= 11 is 0. The van der Waals surface area contributed by atoms with E-state index in [1.807, 2.05) is 26.8 Å². The molecule has 31 heavy (non-hydrogen) atoms. The van der Waals surface area contributed by atoms with Gasteiger partial charge in [0.2, 0.25) is 0 Å². The van der Waals surface area contributed by atoms with Crippen LogP contribution in [0, 0.1) is 0 Å². The van der Waals surface area contributed by atoms with Crippen LogP contribution >= 0.6 is 0 Å². The molecule has 6 nitrogen and oxygen atoms in total. The minimum absolute atomic E-state index is 0.0340. The number of nitrogens with zero attached hydrogens (tertiary/aromatic N) is 1. The molecular formula is C21H21F3N2O4S. The van der Waals surface area contributed by atoms with Crippen LogP contribution in [0.5, 0.6) is 11.5 Å². The fraction of sp³-hybridized carbons (Fsp3) is 0.381. The lowest BCUT2D eigenvalue weighted by Gasteiger charge is -2.26. The molecule has 4 rings (SSSR count). The molecule has 0 aliphatic carbocycles. The summed E-state index contributed by atoms with van der Waals surface area (Å²) in [5.41, 5.74) is -3.02. The molecule has 0 amide bonds. The molecule has 0 radical (unpaired) electrons. The molecule has 0 bridgehead atoms. The summed E-state index contributed by atoms with van der Waals surface area (Å²) in [5, 5.41) is 14.1. The van der Waals surface area contributed by atoms with Gasteiger partial charge in [-0.05, 0) is 35.2 Å². The Hall–Kier alpha value is -2.75. The Morgan fingerprint density at radius 3 is 2.52 bits per heavy atom. The van der Waals surface area contributed by atoms with Crippen LogP contribution in [0.4, 0.5) is 18.9 Å². The first kappa shape index (κ1) is 21.5. The Labute approximate surface area is 177 Å². The van der Waals surface area contributed by atoms with Gasteiger partial charge in [-0.25, -0.2) is 8.42 Å².